The minimum atomic E-state index is -2.76. The summed E-state index contributed by atoms with van der Waals surface area (Å²) < 4.78 is 21.6. The Labute approximate surface area is 81.8 Å². The molecule has 80 valence electrons. The molecule has 3 nitrogen and oxygen atoms in total. The Morgan fingerprint density at radius 1 is 1.31 bits per heavy atom. The molecule has 0 aromatic rings. The molecule has 0 bridgehead atoms. The van der Waals surface area contributed by atoms with Gasteiger partial charge in [-0.1, -0.05) is 6.92 Å². The Balaban J connectivity index is 3.42. The minimum Gasteiger partial charge on any atom is -0.320 e. The molecule has 0 heterocycles. The maximum absolute atomic E-state index is 10.8. The molecule has 0 aliphatic heterocycles. The van der Waals surface area contributed by atoms with Gasteiger partial charge >= 0.3 is 0 Å². The zero-order chi connectivity index (χ0) is 10.3. The smallest absolute Gasteiger partial charge is 0.147 e. The van der Waals surface area contributed by atoms with Gasteiger partial charge in [0.15, 0.2) is 0 Å². The second kappa shape index (κ2) is 6.38. The Morgan fingerprint density at radius 2 is 1.92 bits per heavy atom. The van der Waals surface area contributed by atoms with E-state index >= 15 is 0 Å². The van der Waals surface area contributed by atoms with Crippen molar-refractivity contribution >= 4 is 9.84 Å². The van der Waals surface area contributed by atoms with Crippen LogP contribution in [-0.2, 0) is 9.84 Å². The highest BCUT2D eigenvalue weighted by Gasteiger charge is 2.05. The molecule has 13 heavy (non-hydrogen) atoms. The van der Waals surface area contributed by atoms with Crippen LogP contribution in [0.15, 0.2) is 0 Å². The van der Waals surface area contributed by atoms with Gasteiger partial charge in [-0.3, -0.25) is 0 Å². The van der Waals surface area contributed by atoms with Crippen LogP contribution in [0.1, 0.15) is 26.2 Å². The van der Waals surface area contributed by atoms with Gasteiger partial charge in [-0.25, -0.2) is 8.42 Å². The third-order valence-electron chi connectivity index (χ3n) is 2.10. The molecular weight excluding hydrogens is 186 g/mol. The van der Waals surface area contributed by atoms with Gasteiger partial charge in [0.25, 0.3) is 0 Å². The quantitative estimate of drug-likeness (QED) is 0.679. The van der Waals surface area contributed by atoms with Crippen molar-refractivity contribution in [2.45, 2.75) is 26.2 Å². The van der Waals surface area contributed by atoms with Crippen molar-refractivity contribution in [3.63, 3.8) is 0 Å². The molecule has 0 rings (SSSR count). The molecular formula is C9H21NO2S. The average molecular weight is 207 g/mol. The maximum Gasteiger partial charge on any atom is 0.147 e. The lowest BCUT2D eigenvalue weighted by Gasteiger charge is -2.09. The number of hydrogen-bond acceptors (Lipinski definition) is 3. The van der Waals surface area contributed by atoms with Crippen LogP contribution in [0.3, 0.4) is 0 Å². The maximum atomic E-state index is 10.8. The van der Waals surface area contributed by atoms with Crippen LogP contribution >= 0.6 is 0 Å². The predicted octanol–water partition coefficient (Wildman–Crippen LogP) is 1.06. The van der Waals surface area contributed by atoms with Crippen LogP contribution in [0, 0.1) is 5.92 Å². The van der Waals surface area contributed by atoms with Gasteiger partial charge < -0.3 is 5.32 Å². The summed E-state index contributed by atoms with van der Waals surface area (Å²) in [4.78, 5) is 0. The van der Waals surface area contributed by atoms with E-state index in [1.54, 1.807) is 0 Å². The van der Waals surface area contributed by atoms with E-state index in [0.29, 0.717) is 11.7 Å². The van der Waals surface area contributed by atoms with E-state index in [-0.39, 0.29) is 0 Å². The summed E-state index contributed by atoms with van der Waals surface area (Å²) in [6.07, 6.45) is 4.23. The third-order valence-corrected chi connectivity index (χ3v) is 3.13. The highest BCUT2D eigenvalue weighted by atomic mass is 32.2. The standard InChI is InChI=1S/C9H21NO2S/c1-9(6-7-10-2)5-4-8-13(3,11)12/h9-10H,4-8H2,1-3H3. The Bertz CT molecular complexity index is 212. The van der Waals surface area contributed by atoms with Crippen LogP contribution in [0.5, 0.6) is 0 Å². The molecule has 0 amide bonds. The Kier molecular flexibility index (Phi) is 6.33. The van der Waals surface area contributed by atoms with E-state index in [2.05, 4.69) is 12.2 Å². The lowest BCUT2D eigenvalue weighted by molar-refractivity contribution is 0.475. The molecule has 1 N–H and O–H groups in total. The Morgan fingerprint density at radius 3 is 2.38 bits per heavy atom. The van der Waals surface area contributed by atoms with Crippen LogP contribution < -0.4 is 5.32 Å². The summed E-state index contributed by atoms with van der Waals surface area (Å²) in [6.45, 7) is 3.18. The van der Waals surface area contributed by atoms with Gasteiger partial charge in [-0.15, -0.1) is 0 Å². The zero-order valence-electron chi connectivity index (χ0n) is 8.84. The number of nitrogens with one attached hydrogen (secondary N) is 1. The second-order valence-electron chi connectivity index (χ2n) is 3.77. The molecule has 0 saturated carbocycles. The van der Waals surface area contributed by atoms with E-state index in [9.17, 15) is 8.42 Å². The molecule has 1 atom stereocenters. The van der Waals surface area contributed by atoms with E-state index in [4.69, 9.17) is 0 Å². The molecule has 0 aromatic carbocycles. The zero-order valence-corrected chi connectivity index (χ0v) is 9.65. The molecule has 0 aliphatic rings. The summed E-state index contributed by atoms with van der Waals surface area (Å²) >= 11 is 0. The first-order valence-electron chi connectivity index (χ1n) is 4.78. The fourth-order valence-electron chi connectivity index (χ4n) is 1.23. The normalized spacial score (nSPS) is 14.4. The summed E-state index contributed by atoms with van der Waals surface area (Å²) in [7, 11) is -0.822. The minimum absolute atomic E-state index is 0.330. The fourth-order valence-corrected chi connectivity index (χ4v) is 1.92. The molecule has 0 spiro atoms. The molecule has 4 heteroatoms. The molecule has 0 radical (unpaired) electrons. The first kappa shape index (κ1) is 12.9. The van der Waals surface area contributed by atoms with Gasteiger partial charge in [-0.2, -0.15) is 0 Å². The van der Waals surface area contributed by atoms with E-state index in [0.717, 1.165) is 25.8 Å². The van der Waals surface area contributed by atoms with Crippen molar-refractivity contribution < 1.29 is 8.42 Å². The third kappa shape index (κ3) is 9.83. The summed E-state index contributed by atoms with van der Waals surface area (Å²) in [5.74, 6) is 0.950. The Hall–Kier alpha value is -0.0900. The molecule has 1 unspecified atom stereocenters. The fraction of sp³-hybridized carbons (Fsp3) is 1.00. The van der Waals surface area contributed by atoms with Gasteiger partial charge in [-0.05, 0) is 38.8 Å². The van der Waals surface area contributed by atoms with E-state index in [1.165, 1.54) is 6.26 Å². The van der Waals surface area contributed by atoms with Crippen LogP contribution in [0.25, 0.3) is 0 Å². The van der Waals surface area contributed by atoms with Crippen molar-refractivity contribution in [2.24, 2.45) is 5.92 Å². The lowest BCUT2D eigenvalue weighted by Crippen LogP contribution is -2.12. The van der Waals surface area contributed by atoms with Crippen molar-refractivity contribution in [3.05, 3.63) is 0 Å². The van der Waals surface area contributed by atoms with Crippen molar-refractivity contribution in [2.75, 3.05) is 25.6 Å². The summed E-state index contributed by atoms with van der Waals surface area (Å²) in [6, 6.07) is 0. The lowest BCUT2D eigenvalue weighted by atomic mass is 10.0. The van der Waals surface area contributed by atoms with Gasteiger partial charge in [0.05, 0.1) is 0 Å². The topological polar surface area (TPSA) is 46.2 Å². The van der Waals surface area contributed by atoms with E-state index < -0.39 is 9.84 Å². The average Bonchev–Trinajstić information content (AvgIpc) is 1.98. The highest BCUT2D eigenvalue weighted by molar-refractivity contribution is 7.90. The molecule has 0 aromatic heterocycles. The van der Waals surface area contributed by atoms with Crippen LogP contribution in [-0.4, -0.2) is 34.0 Å². The number of sulfone groups is 1. The predicted molar refractivity (Wildman–Crippen MR) is 56.7 cm³/mol. The van der Waals surface area contributed by atoms with Crippen molar-refractivity contribution in [3.8, 4) is 0 Å². The molecule has 0 aliphatic carbocycles. The monoisotopic (exact) mass is 207 g/mol. The number of hydrogen-bond donors (Lipinski definition) is 1. The second-order valence-corrected chi connectivity index (χ2v) is 6.03. The number of rotatable bonds is 7. The van der Waals surface area contributed by atoms with Gasteiger partial charge in [0.2, 0.25) is 0 Å². The van der Waals surface area contributed by atoms with Crippen LogP contribution in [0.4, 0.5) is 0 Å². The first-order chi connectivity index (χ1) is 5.95. The van der Waals surface area contributed by atoms with Crippen molar-refractivity contribution in [1.29, 1.82) is 0 Å². The van der Waals surface area contributed by atoms with Gasteiger partial charge in [0, 0.05) is 12.0 Å². The summed E-state index contributed by atoms with van der Waals surface area (Å²) in [5.41, 5.74) is 0. The highest BCUT2D eigenvalue weighted by Crippen LogP contribution is 2.09. The summed E-state index contributed by atoms with van der Waals surface area (Å²) in [5, 5.41) is 3.09. The molecule has 0 saturated heterocycles. The van der Waals surface area contributed by atoms with E-state index in [1.807, 2.05) is 7.05 Å². The largest absolute Gasteiger partial charge is 0.320 e. The van der Waals surface area contributed by atoms with Gasteiger partial charge in [0.1, 0.15) is 9.84 Å². The van der Waals surface area contributed by atoms with Crippen LogP contribution in [0.2, 0.25) is 0 Å². The first-order valence-corrected chi connectivity index (χ1v) is 6.84. The van der Waals surface area contributed by atoms with Crippen molar-refractivity contribution in [1.82, 2.24) is 5.32 Å². The SMILES string of the molecule is CNCCC(C)CCCS(C)(=O)=O. The molecule has 0 fully saturated rings.